The molecule has 108 valence electrons. The first kappa shape index (κ1) is 13.6. The van der Waals surface area contributed by atoms with Gasteiger partial charge in [0.25, 0.3) is 0 Å². The van der Waals surface area contributed by atoms with E-state index in [0.29, 0.717) is 5.92 Å². The normalized spacial score (nSPS) is 27.3. The van der Waals surface area contributed by atoms with Crippen LogP contribution in [0.4, 0.5) is 0 Å². The molecule has 2 fully saturated rings. The molecule has 1 aromatic rings. The van der Waals surface area contributed by atoms with Crippen LogP contribution in [0.25, 0.3) is 0 Å². The van der Waals surface area contributed by atoms with E-state index in [0.717, 1.165) is 32.1 Å². The molecule has 0 saturated heterocycles. The zero-order chi connectivity index (χ0) is 14.2. The van der Waals surface area contributed by atoms with Gasteiger partial charge in [-0.05, 0) is 43.2 Å². The van der Waals surface area contributed by atoms with Crippen molar-refractivity contribution in [3.63, 3.8) is 0 Å². The van der Waals surface area contributed by atoms with Crippen molar-refractivity contribution in [1.82, 2.24) is 5.32 Å². The van der Waals surface area contributed by atoms with Crippen LogP contribution < -0.4 is 5.32 Å². The summed E-state index contributed by atoms with van der Waals surface area (Å²) < 4.78 is 0. The van der Waals surface area contributed by atoms with E-state index in [2.05, 4.69) is 24.4 Å². The molecule has 2 unspecified atom stereocenters. The van der Waals surface area contributed by atoms with Crippen LogP contribution in [0.2, 0.25) is 0 Å². The number of carbonyl (C=O) groups is 1. The highest BCUT2D eigenvalue weighted by molar-refractivity contribution is 5.83. The molecule has 1 aromatic carbocycles. The Bertz CT molecular complexity index is 505. The van der Waals surface area contributed by atoms with Gasteiger partial charge < -0.3 is 10.4 Å². The van der Waals surface area contributed by atoms with Crippen molar-refractivity contribution in [3.05, 3.63) is 35.4 Å². The van der Waals surface area contributed by atoms with Gasteiger partial charge >= 0.3 is 0 Å². The molecule has 2 N–H and O–H groups in total. The van der Waals surface area contributed by atoms with Gasteiger partial charge in [-0.25, -0.2) is 0 Å². The zero-order valence-electron chi connectivity index (χ0n) is 12.1. The molecule has 0 aliphatic heterocycles. The van der Waals surface area contributed by atoms with E-state index in [4.69, 9.17) is 0 Å². The number of amides is 1. The Hall–Kier alpha value is -1.35. The van der Waals surface area contributed by atoms with Gasteiger partial charge in [0.1, 0.15) is 0 Å². The summed E-state index contributed by atoms with van der Waals surface area (Å²) in [6.07, 6.45) is 4.98. The second-order valence-electron chi connectivity index (χ2n) is 6.44. The van der Waals surface area contributed by atoms with E-state index in [1.54, 1.807) is 0 Å². The number of hydrogen-bond acceptors (Lipinski definition) is 2. The first-order chi connectivity index (χ1) is 9.65. The fourth-order valence-electron chi connectivity index (χ4n) is 3.56. The van der Waals surface area contributed by atoms with Crippen molar-refractivity contribution in [3.8, 4) is 0 Å². The van der Waals surface area contributed by atoms with Crippen LogP contribution >= 0.6 is 0 Å². The standard InChI is InChI=1S/C17H23NO2/c1-12-6-2-3-7-13(12)14-10-15(14)16(20)18-17(11-19)8-4-5-9-17/h2-3,6-7,14-15,19H,4-5,8-11H2,1H3,(H,18,20). The summed E-state index contributed by atoms with van der Waals surface area (Å²) in [6, 6.07) is 8.32. The van der Waals surface area contributed by atoms with E-state index in [9.17, 15) is 9.90 Å². The van der Waals surface area contributed by atoms with Crippen LogP contribution in [0.15, 0.2) is 24.3 Å². The minimum atomic E-state index is -0.337. The molecule has 3 rings (SSSR count). The third-order valence-corrected chi connectivity index (χ3v) is 4.97. The molecular weight excluding hydrogens is 250 g/mol. The lowest BCUT2D eigenvalue weighted by molar-refractivity contribution is -0.124. The number of carbonyl (C=O) groups excluding carboxylic acids is 1. The minimum Gasteiger partial charge on any atom is -0.394 e. The maximum Gasteiger partial charge on any atom is 0.224 e. The minimum absolute atomic E-state index is 0.0699. The Labute approximate surface area is 120 Å². The van der Waals surface area contributed by atoms with Gasteiger partial charge in [0, 0.05) is 5.92 Å². The fourth-order valence-corrected chi connectivity index (χ4v) is 3.56. The van der Waals surface area contributed by atoms with E-state index in [1.165, 1.54) is 11.1 Å². The summed E-state index contributed by atoms with van der Waals surface area (Å²) in [4.78, 5) is 12.4. The number of hydrogen-bond donors (Lipinski definition) is 2. The Kier molecular flexibility index (Phi) is 3.55. The molecule has 0 heterocycles. The molecule has 2 atom stereocenters. The van der Waals surface area contributed by atoms with Crippen molar-refractivity contribution in [2.45, 2.75) is 50.5 Å². The van der Waals surface area contributed by atoms with Gasteiger partial charge in [-0.1, -0.05) is 37.1 Å². The molecule has 2 aliphatic rings. The molecule has 0 aromatic heterocycles. The third kappa shape index (κ3) is 2.47. The second kappa shape index (κ2) is 5.21. The van der Waals surface area contributed by atoms with Crippen molar-refractivity contribution in [2.24, 2.45) is 5.92 Å². The lowest BCUT2D eigenvalue weighted by atomic mass is 9.98. The van der Waals surface area contributed by atoms with Crippen LogP contribution in [-0.2, 0) is 4.79 Å². The molecule has 2 aliphatic carbocycles. The van der Waals surface area contributed by atoms with Crippen LogP contribution in [0, 0.1) is 12.8 Å². The molecule has 0 bridgehead atoms. The molecule has 3 nitrogen and oxygen atoms in total. The third-order valence-electron chi connectivity index (χ3n) is 4.97. The summed E-state index contributed by atoms with van der Waals surface area (Å²) in [5.41, 5.74) is 2.23. The quantitative estimate of drug-likeness (QED) is 0.885. The predicted octanol–water partition coefficient (Wildman–Crippen LogP) is 2.52. The number of aliphatic hydroxyl groups excluding tert-OH is 1. The Morgan fingerprint density at radius 3 is 2.70 bits per heavy atom. The molecule has 0 radical (unpaired) electrons. The van der Waals surface area contributed by atoms with Crippen molar-refractivity contribution in [1.29, 1.82) is 0 Å². The lowest BCUT2D eigenvalue weighted by Gasteiger charge is -2.28. The maximum absolute atomic E-state index is 12.4. The molecule has 20 heavy (non-hydrogen) atoms. The van der Waals surface area contributed by atoms with Gasteiger partial charge in [-0.2, -0.15) is 0 Å². The maximum atomic E-state index is 12.4. The summed E-state index contributed by atoms with van der Waals surface area (Å²) in [6.45, 7) is 2.18. The number of nitrogens with one attached hydrogen (secondary N) is 1. The Morgan fingerprint density at radius 2 is 2.05 bits per heavy atom. The number of benzene rings is 1. The SMILES string of the molecule is Cc1ccccc1C1CC1C(=O)NC1(CO)CCCC1. The van der Waals surface area contributed by atoms with Crippen LogP contribution in [0.1, 0.15) is 49.1 Å². The molecular formula is C17H23NO2. The van der Waals surface area contributed by atoms with Gasteiger partial charge in [0.15, 0.2) is 0 Å². The largest absolute Gasteiger partial charge is 0.394 e. The predicted molar refractivity (Wildman–Crippen MR) is 78.5 cm³/mol. The number of aryl methyl sites for hydroxylation is 1. The molecule has 3 heteroatoms. The summed E-state index contributed by atoms with van der Waals surface area (Å²) >= 11 is 0. The average molecular weight is 273 g/mol. The number of aliphatic hydroxyl groups is 1. The Morgan fingerprint density at radius 1 is 1.35 bits per heavy atom. The monoisotopic (exact) mass is 273 g/mol. The van der Waals surface area contributed by atoms with Gasteiger partial charge in [-0.3, -0.25) is 4.79 Å². The number of rotatable bonds is 4. The van der Waals surface area contributed by atoms with Crippen molar-refractivity contribution < 1.29 is 9.90 Å². The molecule has 0 spiro atoms. The Balaban J connectivity index is 1.64. The van der Waals surface area contributed by atoms with Gasteiger partial charge in [0.05, 0.1) is 12.1 Å². The van der Waals surface area contributed by atoms with Crippen molar-refractivity contribution >= 4 is 5.91 Å². The highest BCUT2D eigenvalue weighted by Crippen LogP contribution is 2.49. The van der Waals surface area contributed by atoms with E-state index in [-0.39, 0.29) is 24.0 Å². The van der Waals surface area contributed by atoms with Gasteiger partial charge in [0.2, 0.25) is 5.91 Å². The summed E-state index contributed by atoms with van der Waals surface area (Å²) in [5.74, 6) is 0.600. The van der Waals surface area contributed by atoms with Crippen LogP contribution in [0.5, 0.6) is 0 Å². The van der Waals surface area contributed by atoms with E-state index in [1.807, 2.05) is 12.1 Å². The summed E-state index contributed by atoms with van der Waals surface area (Å²) in [7, 11) is 0. The highest BCUT2D eigenvalue weighted by Gasteiger charge is 2.47. The van der Waals surface area contributed by atoms with Crippen LogP contribution in [0.3, 0.4) is 0 Å². The first-order valence-electron chi connectivity index (χ1n) is 7.64. The van der Waals surface area contributed by atoms with Crippen LogP contribution in [-0.4, -0.2) is 23.2 Å². The summed E-state index contributed by atoms with van der Waals surface area (Å²) in [5, 5.41) is 12.7. The van der Waals surface area contributed by atoms with Crippen molar-refractivity contribution in [2.75, 3.05) is 6.61 Å². The zero-order valence-corrected chi connectivity index (χ0v) is 12.1. The van der Waals surface area contributed by atoms with E-state index >= 15 is 0 Å². The average Bonchev–Trinajstić information content (AvgIpc) is 3.12. The molecule has 2 saturated carbocycles. The first-order valence-corrected chi connectivity index (χ1v) is 7.64. The molecule has 1 amide bonds. The van der Waals surface area contributed by atoms with Gasteiger partial charge in [-0.15, -0.1) is 0 Å². The second-order valence-corrected chi connectivity index (χ2v) is 6.44. The topological polar surface area (TPSA) is 49.3 Å². The van der Waals surface area contributed by atoms with E-state index < -0.39 is 0 Å². The fraction of sp³-hybridized carbons (Fsp3) is 0.588. The smallest absolute Gasteiger partial charge is 0.224 e. The highest BCUT2D eigenvalue weighted by atomic mass is 16.3. The lowest BCUT2D eigenvalue weighted by Crippen LogP contribution is -2.49.